The van der Waals surface area contributed by atoms with E-state index in [-0.39, 0.29) is 5.91 Å². The van der Waals surface area contributed by atoms with Crippen LogP contribution in [0.4, 0.5) is 10.1 Å². The van der Waals surface area contributed by atoms with Crippen LogP contribution in [0, 0.1) is 12.7 Å². The van der Waals surface area contributed by atoms with Crippen molar-refractivity contribution in [2.24, 2.45) is 0 Å². The molecular formula is C18H15ClFN3OS2. The second-order valence-corrected chi connectivity index (χ2v) is 8.40. The van der Waals surface area contributed by atoms with Crippen molar-refractivity contribution in [1.29, 1.82) is 0 Å². The Bertz CT molecular complexity index is 944. The minimum Gasteiger partial charge on any atom is -0.321 e. The molecule has 4 nitrogen and oxygen atoms in total. The van der Waals surface area contributed by atoms with Gasteiger partial charge in [0.05, 0.1) is 17.3 Å². The summed E-state index contributed by atoms with van der Waals surface area (Å²) in [5, 5.41) is 3.44. The van der Waals surface area contributed by atoms with Gasteiger partial charge in [0.25, 0.3) is 5.91 Å². The van der Waals surface area contributed by atoms with E-state index in [1.54, 1.807) is 23.9 Å². The predicted octanol–water partition coefficient (Wildman–Crippen LogP) is 5.67. The first-order chi connectivity index (χ1) is 12.5. The van der Waals surface area contributed by atoms with Crippen LogP contribution in [0.3, 0.4) is 0 Å². The van der Waals surface area contributed by atoms with Crippen molar-refractivity contribution in [2.45, 2.75) is 18.7 Å². The summed E-state index contributed by atoms with van der Waals surface area (Å²) in [6.45, 7) is 3.93. The number of hydrogen-bond acceptors (Lipinski definition) is 5. The van der Waals surface area contributed by atoms with Crippen molar-refractivity contribution >= 4 is 46.3 Å². The van der Waals surface area contributed by atoms with Gasteiger partial charge in [0, 0.05) is 26.0 Å². The molecule has 1 amide bonds. The molecular weight excluding hydrogens is 393 g/mol. The number of thiophene rings is 1. The molecule has 0 saturated heterocycles. The molecule has 0 bridgehead atoms. The number of benzene rings is 1. The highest BCUT2D eigenvalue weighted by Gasteiger charge is 2.16. The van der Waals surface area contributed by atoms with E-state index in [4.69, 9.17) is 11.6 Å². The molecule has 3 rings (SSSR count). The fraction of sp³-hybridized carbons (Fsp3) is 0.167. The van der Waals surface area contributed by atoms with Gasteiger partial charge in [0.2, 0.25) is 0 Å². The van der Waals surface area contributed by atoms with Gasteiger partial charge in [-0.2, -0.15) is 0 Å². The first kappa shape index (κ1) is 18.8. The van der Waals surface area contributed by atoms with Gasteiger partial charge in [-0.3, -0.25) is 4.79 Å². The van der Waals surface area contributed by atoms with Crippen molar-refractivity contribution in [3.05, 3.63) is 57.3 Å². The normalized spacial score (nSPS) is 10.8. The average Bonchev–Trinajstić information content (AvgIpc) is 2.97. The molecule has 0 saturated carbocycles. The Kier molecular flexibility index (Phi) is 5.90. The molecule has 26 heavy (non-hydrogen) atoms. The Labute approximate surface area is 163 Å². The number of hydrogen-bond donors (Lipinski definition) is 1. The van der Waals surface area contributed by atoms with Gasteiger partial charge in [0.15, 0.2) is 11.6 Å². The number of halogens is 2. The number of aromatic nitrogens is 2. The second-order valence-electron chi connectivity index (χ2n) is 5.37. The van der Waals surface area contributed by atoms with Gasteiger partial charge in [-0.15, -0.1) is 23.1 Å². The van der Waals surface area contributed by atoms with Gasteiger partial charge in [-0.05, 0) is 36.9 Å². The Balaban J connectivity index is 1.83. The number of thioether (sulfide) groups is 1. The van der Waals surface area contributed by atoms with Crippen LogP contribution >= 0.6 is 34.7 Å². The smallest absolute Gasteiger partial charge is 0.265 e. The molecule has 0 atom stereocenters. The summed E-state index contributed by atoms with van der Waals surface area (Å²) in [5.74, 6) is 0.574. The maximum absolute atomic E-state index is 13.0. The third-order valence-corrected chi connectivity index (χ3v) is 5.57. The van der Waals surface area contributed by atoms with E-state index in [0.717, 1.165) is 27.9 Å². The molecule has 0 aliphatic rings. The predicted molar refractivity (Wildman–Crippen MR) is 106 cm³/mol. The maximum atomic E-state index is 13.0. The molecule has 2 aromatic heterocycles. The topological polar surface area (TPSA) is 54.9 Å². The van der Waals surface area contributed by atoms with Crippen LogP contribution in [0.25, 0.3) is 11.4 Å². The minimum absolute atomic E-state index is 0.235. The minimum atomic E-state index is -0.499. The lowest BCUT2D eigenvalue weighted by molar-refractivity contribution is 0.103. The van der Waals surface area contributed by atoms with Gasteiger partial charge < -0.3 is 5.32 Å². The molecule has 0 aliphatic carbocycles. The molecule has 0 fully saturated rings. The standard InChI is InChI=1S/C18H15ClFN3OS2/c1-3-25-14-5-11(19)4-13(6-14)23-18(24)16-7-15(10(2)26-16)17-21-8-12(20)9-22-17/h4-9H,3H2,1-2H3,(H,23,24). The fourth-order valence-electron chi connectivity index (χ4n) is 2.34. The molecule has 0 aliphatic heterocycles. The lowest BCUT2D eigenvalue weighted by Gasteiger charge is -2.07. The van der Waals surface area contributed by atoms with Crippen molar-refractivity contribution in [2.75, 3.05) is 11.1 Å². The Hall–Kier alpha value is -1.96. The Morgan fingerprint density at radius 2 is 2.00 bits per heavy atom. The zero-order valence-corrected chi connectivity index (χ0v) is 16.4. The molecule has 3 aromatic rings. The van der Waals surface area contributed by atoms with Crippen LogP contribution in [0.5, 0.6) is 0 Å². The van der Waals surface area contributed by atoms with Crippen molar-refractivity contribution < 1.29 is 9.18 Å². The van der Waals surface area contributed by atoms with Crippen molar-refractivity contribution in [3.63, 3.8) is 0 Å². The van der Waals surface area contributed by atoms with Crippen molar-refractivity contribution in [1.82, 2.24) is 9.97 Å². The number of nitrogens with one attached hydrogen (secondary N) is 1. The van der Waals surface area contributed by atoms with Crippen LogP contribution in [0.2, 0.25) is 5.02 Å². The van der Waals surface area contributed by atoms with Gasteiger partial charge in [0.1, 0.15) is 0 Å². The second kappa shape index (κ2) is 8.16. The molecule has 2 heterocycles. The van der Waals surface area contributed by atoms with Crippen LogP contribution in [-0.4, -0.2) is 21.6 Å². The average molecular weight is 408 g/mol. The summed E-state index contributed by atoms with van der Waals surface area (Å²) < 4.78 is 13.0. The van der Waals surface area contributed by atoms with E-state index >= 15 is 0 Å². The molecule has 134 valence electrons. The summed E-state index contributed by atoms with van der Waals surface area (Å²) in [5.41, 5.74) is 1.36. The van der Waals surface area contributed by atoms with Crippen LogP contribution in [0.15, 0.2) is 41.6 Å². The zero-order valence-electron chi connectivity index (χ0n) is 14.0. The molecule has 0 radical (unpaired) electrons. The number of aryl methyl sites for hydroxylation is 1. The molecule has 1 aromatic carbocycles. The van der Waals surface area contributed by atoms with Gasteiger partial charge >= 0.3 is 0 Å². The largest absolute Gasteiger partial charge is 0.321 e. The van der Waals surface area contributed by atoms with Gasteiger partial charge in [-0.25, -0.2) is 14.4 Å². The SMILES string of the molecule is CCSc1cc(Cl)cc(NC(=O)c2cc(-c3ncc(F)cn3)c(C)s2)c1. The van der Waals surface area contributed by atoms with Gasteiger partial charge in [-0.1, -0.05) is 18.5 Å². The summed E-state index contributed by atoms with van der Waals surface area (Å²) in [6.07, 6.45) is 2.22. The third-order valence-electron chi connectivity index (χ3n) is 3.44. The van der Waals surface area contributed by atoms with E-state index < -0.39 is 5.82 Å². The number of rotatable bonds is 5. The van der Waals surface area contributed by atoms with Crippen LogP contribution in [0.1, 0.15) is 21.5 Å². The summed E-state index contributed by atoms with van der Waals surface area (Å²) in [4.78, 5) is 23.0. The van der Waals surface area contributed by atoms with Crippen LogP contribution in [-0.2, 0) is 0 Å². The number of amides is 1. The first-order valence-electron chi connectivity index (χ1n) is 7.79. The summed E-state index contributed by atoms with van der Waals surface area (Å²) in [6, 6.07) is 7.19. The Morgan fingerprint density at radius 1 is 1.27 bits per heavy atom. The third kappa shape index (κ3) is 4.41. The molecule has 0 unspecified atom stereocenters. The quantitative estimate of drug-likeness (QED) is 0.553. The lowest BCUT2D eigenvalue weighted by Crippen LogP contribution is -2.10. The van der Waals surface area contributed by atoms with Crippen LogP contribution < -0.4 is 5.32 Å². The number of carbonyl (C=O) groups excluding carboxylic acids is 1. The fourth-order valence-corrected chi connectivity index (χ4v) is 4.31. The zero-order chi connectivity index (χ0) is 18.7. The van der Waals surface area contributed by atoms with E-state index in [1.165, 1.54) is 11.3 Å². The summed E-state index contributed by atoms with van der Waals surface area (Å²) in [7, 11) is 0. The molecule has 1 N–H and O–H groups in total. The highest BCUT2D eigenvalue weighted by Crippen LogP contribution is 2.30. The van der Waals surface area contributed by atoms with E-state index in [9.17, 15) is 9.18 Å². The highest BCUT2D eigenvalue weighted by atomic mass is 35.5. The maximum Gasteiger partial charge on any atom is 0.265 e. The molecule has 0 spiro atoms. The van der Waals surface area contributed by atoms with E-state index in [1.807, 2.05) is 19.1 Å². The Morgan fingerprint density at radius 3 is 2.69 bits per heavy atom. The summed E-state index contributed by atoms with van der Waals surface area (Å²) >= 11 is 9.11. The van der Waals surface area contributed by atoms with Crippen molar-refractivity contribution in [3.8, 4) is 11.4 Å². The number of anilines is 1. The van der Waals surface area contributed by atoms with E-state index in [2.05, 4.69) is 22.2 Å². The number of nitrogens with zero attached hydrogens (tertiary/aromatic N) is 2. The first-order valence-corrected chi connectivity index (χ1v) is 9.97. The number of carbonyl (C=O) groups is 1. The lowest BCUT2D eigenvalue weighted by atomic mass is 10.2. The molecule has 8 heteroatoms. The monoisotopic (exact) mass is 407 g/mol. The highest BCUT2D eigenvalue weighted by molar-refractivity contribution is 7.99. The van der Waals surface area contributed by atoms with E-state index in [0.29, 0.717) is 27.0 Å².